The van der Waals surface area contributed by atoms with Crippen molar-refractivity contribution in [1.82, 2.24) is 16.0 Å². The zero-order valence-corrected chi connectivity index (χ0v) is 16.8. The number of amides is 3. The molecule has 0 fully saturated rings. The molecule has 4 atom stereocenters. The average molecular weight is 409 g/mol. The molecule has 9 nitrogen and oxygen atoms in total. The van der Waals surface area contributed by atoms with Gasteiger partial charge in [0, 0.05) is 11.5 Å². The highest BCUT2D eigenvalue weighted by molar-refractivity contribution is 7.80. The lowest BCUT2D eigenvalue weighted by Crippen LogP contribution is -2.58. The van der Waals surface area contributed by atoms with E-state index in [0.29, 0.717) is 6.42 Å². The highest BCUT2D eigenvalue weighted by Gasteiger charge is 2.28. The maximum atomic E-state index is 12.3. The number of carbonyl (C=O) groups is 4. The van der Waals surface area contributed by atoms with Crippen LogP contribution in [0.4, 0.5) is 0 Å². The van der Waals surface area contributed by atoms with Crippen LogP contribution in [0.3, 0.4) is 0 Å². The molecule has 0 bridgehead atoms. The first-order valence-electron chi connectivity index (χ1n) is 8.14. The molecule has 0 aliphatic heterocycles. The SMILES string of the molecule is CC(C)CC(N)C(=O)NC(CS)C(=O)NC(CS)C(=O)NC(C)C(=O)O. The number of nitrogens with two attached hydrogens (primary N) is 1. The van der Waals surface area contributed by atoms with Gasteiger partial charge in [-0.2, -0.15) is 25.3 Å². The quantitative estimate of drug-likeness (QED) is 0.213. The molecule has 0 aromatic heterocycles. The Morgan fingerprint density at radius 1 is 0.885 bits per heavy atom. The van der Waals surface area contributed by atoms with Crippen LogP contribution in [-0.2, 0) is 19.2 Å². The summed E-state index contributed by atoms with van der Waals surface area (Å²) in [6, 6.07) is -3.92. The molecule has 0 heterocycles. The predicted molar refractivity (Wildman–Crippen MR) is 104 cm³/mol. The maximum Gasteiger partial charge on any atom is 0.325 e. The Hall–Kier alpha value is -1.46. The summed E-state index contributed by atoms with van der Waals surface area (Å²) in [5.74, 6) is -2.86. The zero-order chi connectivity index (χ0) is 20.4. The van der Waals surface area contributed by atoms with Gasteiger partial charge in [0.25, 0.3) is 0 Å². The molecular formula is C15H28N4O5S2. The van der Waals surface area contributed by atoms with E-state index in [4.69, 9.17) is 10.8 Å². The van der Waals surface area contributed by atoms with E-state index < -0.39 is 47.9 Å². The van der Waals surface area contributed by atoms with E-state index in [1.54, 1.807) is 0 Å². The third-order valence-corrected chi connectivity index (χ3v) is 4.15. The van der Waals surface area contributed by atoms with Crippen LogP contribution < -0.4 is 21.7 Å². The van der Waals surface area contributed by atoms with Crippen molar-refractivity contribution in [3.05, 3.63) is 0 Å². The van der Waals surface area contributed by atoms with E-state index in [2.05, 4.69) is 41.2 Å². The molecule has 0 aromatic carbocycles. The van der Waals surface area contributed by atoms with Crippen LogP contribution >= 0.6 is 25.3 Å². The fourth-order valence-electron chi connectivity index (χ4n) is 1.93. The minimum Gasteiger partial charge on any atom is -0.480 e. The van der Waals surface area contributed by atoms with E-state index in [1.807, 2.05) is 13.8 Å². The Labute approximate surface area is 164 Å². The van der Waals surface area contributed by atoms with Gasteiger partial charge in [-0.25, -0.2) is 0 Å². The summed E-state index contributed by atoms with van der Waals surface area (Å²) in [5.41, 5.74) is 5.78. The fraction of sp³-hybridized carbons (Fsp3) is 0.733. The maximum absolute atomic E-state index is 12.3. The van der Waals surface area contributed by atoms with Gasteiger partial charge >= 0.3 is 5.97 Å². The zero-order valence-electron chi connectivity index (χ0n) is 15.1. The second kappa shape index (κ2) is 12.0. The highest BCUT2D eigenvalue weighted by atomic mass is 32.1. The molecule has 6 N–H and O–H groups in total. The van der Waals surface area contributed by atoms with Gasteiger partial charge in [0.1, 0.15) is 18.1 Å². The van der Waals surface area contributed by atoms with E-state index in [1.165, 1.54) is 6.92 Å². The minimum atomic E-state index is -1.21. The molecule has 0 aromatic rings. The van der Waals surface area contributed by atoms with Crippen LogP contribution in [0, 0.1) is 5.92 Å². The van der Waals surface area contributed by atoms with Gasteiger partial charge in [-0.1, -0.05) is 13.8 Å². The molecule has 0 aliphatic rings. The van der Waals surface area contributed by atoms with Crippen molar-refractivity contribution in [3.63, 3.8) is 0 Å². The number of hydrogen-bond acceptors (Lipinski definition) is 7. The van der Waals surface area contributed by atoms with Crippen molar-refractivity contribution < 1.29 is 24.3 Å². The Morgan fingerprint density at radius 3 is 1.69 bits per heavy atom. The molecule has 0 spiro atoms. The van der Waals surface area contributed by atoms with Gasteiger partial charge in [-0.3, -0.25) is 19.2 Å². The molecular weight excluding hydrogens is 380 g/mol. The number of aliphatic carboxylic acids is 1. The van der Waals surface area contributed by atoms with Crippen LogP contribution in [0.2, 0.25) is 0 Å². The Kier molecular flexibility index (Phi) is 11.3. The van der Waals surface area contributed by atoms with Crippen molar-refractivity contribution in [2.45, 2.75) is 51.4 Å². The third-order valence-electron chi connectivity index (χ3n) is 3.42. The number of nitrogens with one attached hydrogen (secondary N) is 3. The summed E-state index contributed by atoms with van der Waals surface area (Å²) in [7, 11) is 0. The Morgan fingerprint density at radius 2 is 1.31 bits per heavy atom. The molecule has 11 heteroatoms. The first kappa shape index (κ1) is 24.5. The number of carboxylic acids is 1. The molecule has 26 heavy (non-hydrogen) atoms. The van der Waals surface area contributed by atoms with Gasteiger partial charge in [0.15, 0.2) is 0 Å². The number of carboxylic acid groups (broad SMARTS) is 1. The average Bonchev–Trinajstić information content (AvgIpc) is 2.55. The topological polar surface area (TPSA) is 151 Å². The van der Waals surface area contributed by atoms with Gasteiger partial charge in [0.05, 0.1) is 6.04 Å². The predicted octanol–water partition coefficient (Wildman–Crippen LogP) is -1.22. The molecule has 0 rings (SSSR count). The van der Waals surface area contributed by atoms with Crippen molar-refractivity contribution >= 4 is 48.9 Å². The van der Waals surface area contributed by atoms with Gasteiger partial charge < -0.3 is 26.8 Å². The van der Waals surface area contributed by atoms with Crippen molar-refractivity contribution in [3.8, 4) is 0 Å². The highest BCUT2D eigenvalue weighted by Crippen LogP contribution is 2.03. The fourth-order valence-corrected chi connectivity index (χ4v) is 2.44. The summed E-state index contributed by atoms with van der Waals surface area (Å²) in [5, 5.41) is 16.0. The summed E-state index contributed by atoms with van der Waals surface area (Å²) < 4.78 is 0. The molecule has 0 saturated heterocycles. The normalized spacial score (nSPS) is 15.5. The molecule has 3 amide bonds. The molecule has 0 radical (unpaired) electrons. The lowest BCUT2D eigenvalue weighted by Gasteiger charge is -2.23. The molecule has 0 saturated carbocycles. The van der Waals surface area contributed by atoms with Crippen molar-refractivity contribution in [2.75, 3.05) is 11.5 Å². The Bertz CT molecular complexity index is 518. The summed E-state index contributed by atoms with van der Waals surface area (Å²) in [6.07, 6.45) is 0.460. The molecule has 0 aliphatic carbocycles. The lowest BCUT2D eigenvalue weighted by molar-refractivity contribution is -0.141. The summed E-state index contributed by atoms with van der Waals surface area (Å²) in [4.78, 5) is 47.2. The number of rotatable bonds is 11. The van der Waals surface area contributed by atoms with Gasteiger partial charge in [-0.05, 0) is 19.3 Å². The second-order valence-corrected chi connectivity index (χ2v) is 7.02. The minimum absolute atomic E-state index is 0.00158. The summed E-state index contributed by atoms with van der Waals surface area (Å²) >= 11 is 8.03. The largest absolute Gasteiger partial charge is 0.480 e. The second-order valence-electron chi connectivity index (χ2n) is 6.29. The molecule has 150 valence electrons. The van der Waals surface area contributed by atoms with Crippen LogP contribution in [0.15, 0.2) is 0 Å². The molecule has 4 unspecified atom stereocenters. The van der Waals surface area contributed by atoms with Crippen LogP contribution in [0.25, 0.3) is 0 Å². The third kappa shape index (κ3) is 8.77. The number of hydrogen-bond donors (Lipinski definition) is 7. The van der Waals surface area contributed by atoms with Crippen molar-refractivity contribution in [1.29, 1.82) is 0 Å². The number of carbonyl (C=O) groups excluding carboxylic acids is 3. The smallest absolute Gasteiger partial charge is 0.325 e. The summed E-state index contributed by atoms with van der Waals surface area (Å²) in [6.45, 7) is 5.14. The standard InChI is InChI=1S/C15H28N4O5S2/c1-7(2)4-9(16)12(20)18-11(6-26)14(22)19-10(5-25)13(21)17-8(3)15(23)24/h7-11,25-26H,4-6,16H2,1-3H3,(H,17,21)(H,18,20)(H,19,22)(H,23,24). The van der Waals surface area contributed by atoms with E-state index in [9.17, 15) is 19.2 Å². The monoisotopic (exact) mass is 408 g/mol. The van der Waals surface area contributed by atoms with E-state index in [-0.39, 0.29) is 17.4 Å². The van der Waals surface area contributed by atoms with Crippen LogP contribution in [0.5, 0.6) is 0 Å². The van der Waals surface area contributed by atoms with Crippen LogP contribution in [0.1, 0.15) is 27.2 Å². The van der Waals surface area contributed by atoms with Crippen LogP contribution in [-0.4, -0.2) is 64.5 Å². The van der Waals surface area contributed by atoms with Gasteiger partial charge in [-0.15, -0.1) is 0 Å². The first-order valence-corrected chi connectivity index (χ1v) is 9.41. The van der Waals surface area contributed by atoms with E-state index >= 15 is 0 Å². The Balaban J connectivity index is 4.82. The van der Waals surface area contributed by atoms with Gasteiger partial charge in [0.2, 0.25) is 17.7 Å². The van der Waals surface area contributed by atoms with Crippen molar-refractivity contribution in [2.24, 2.45) is 11.7 Å². The van der Waals surface area contributed by atoms with E-state index in [0.717, 1.165) is 0 Å². The first-order chi connectivity index (χ1) is 12.0. The number of thiol groups is 2. The lowest BCUT2D eigenvalue weighted by atomic mass is 10.0.